The van der Waals surface area contributed by atoms with Crippen molar-refractivity contribution in [1.29, 1.82) is 0 Å². The van der Waals surface area contributed by atoms with Gasteiger partial charge in [-0.05, 0) is 48.0 Å². The van der Waals surface area contributed by atoms with Gasteiger partial charge in [0.2, 0.25) is 0 Å². The third kappa shape index (κ3) is 2.92. The average molecular weight is 278 g/mol. The van der Waals surface area contributed by atoms with E-state index < -0.39 is 0 Å². The van der Waals surface area contributed by atoms with E-state index in [1.807, 2.05) is 30.3 Å². The van der Waals surface area contributed by atoms with Gasteiger partial charge in [0.25, 0.3) is 5.91 Å². The normalized spacial score (nSPS) is 10.3. The van der Waals surface area contributed by atoms with E-state index in [4.69, 9.17) is 5.73 Å². The van der Waals surface area contributed by atoms with Gasteiger partial charge in [-0.25, -0.2) is 0 Å². The van der Waals surface area contributed by atoms with Gasteiger partial charge in [-0.15, -0.1) is 0 Å². The number of amides is 1. The second-order valence-corrected chi connectivity index (χ2v) is 4.62. The molecule has 0 saturated carbocycles. The minimum atomic E-state index is -0.163. The number of nitrogens with zero attached hydrogens (tertiary/aromatic N) is 1. The number of nitrogen functional groups attached to an aromatic ring is 1. The average Bonchev–Trinajstić information content (AvgIpc) is 3.03. The highest BCUT2D eigenvalue weighted by Crippen LogP contribution is 2.19. The summed E-state index contributed by atoms with van der Waals surface area (Å²) in [6, 6.07) is 16.2. The standard InChI is InChI=1S/C16H14N4O/c17-13-5-1-12(2-6-13)16(21)19-14-7-3-11(4-8-14)15-9-10-18-20-15/h1-10H,17H2,(H,18,20)(H,19,21). The summed E-state index contributed by atoms with van der Waals surface area (Å²) < 4.78 is 0. The third-order valence-corrected chi connectivity index (χ3v) is 3.13. The largest absolute Gasteiger partial charge is 0.399 e. The molecule has 1 aromatic heterocycles. The molecule has 2 aromatic carbocycles. The number of nitrogens with two attached hydrogens (primary N) is 1. The van der Waals surface area contributed by atoms with Crippen molar-refractivity contribution in [1.82, 2.24) is 10.2 Å². The van der Waals surface area contributed by atoms with Gasteiger partial charge in [0, 0.05) is 23.1 Å². The summed E-state index contributed by atoms with van der Waals surface area (Å²) in [7, 11) is 0. The van der Waals surface area contributed by atoms with E-state index in [0.717, 1.165) is 16.9 Å². The van der Waals surface area contributed by atoms with Crippen molar-refractivity contribution in [2.24, 2.45) is 0 Å². The van der Waals surface area contributed by atoms with Gasteiger partial charge in [0.05, 0.1) is 5.69 Å². The Labute approximate surface area is 121 Å². The first-order valence-electron chi connectivity index (χ1n) is 6.49. The number of nitrogens with one attached hydrogen (secondary N) is 2. The number of carbonyl (C=O) groups excluding carboxylic acids is 1. The zero-order valence-corrected chi connectivity index (χ0v) is 11.2. The van der Waals surface area contributed by atoms with Crippen molar-refractivity contribution in [3.05, 3.63) is 66.4 Å². The number of H-pyrrole nitrogens is 1. The number of hydrogen-bond donors (Lipinski definition) is 3. The maximum atomic E-state index is 12.1. The molecule has 5 heteroatoms. The summed E-state index contributed by atoms with van der Waals surface area (Å²) in [5.74, 6) is -0.163. The highest BCUT2D eigenvalue weighted by Gasteiger charge is 2.06. The highest BCUT2D eigenvalue weighted by molar-refractivity contribution is 6.04. The maximum Gasteiger partial charge on any atom is 0.255 e. The maximum absolute atomic E-state index is 12.1. The molecule has 0 aliphatic carbocycles. The molecule has 0 fully saturated rings. The Bertz CT molecular complexity index is 731. The van der Waals surface area contributed by atoms with Crippen LogP contribution in [0, 0.1) is 0 Å². The minimum absolute atomic E-state index is 0.163. The Morgan fingerprint density at radius 3 is 2.33 bits per heavy atom. The predicted octanol–water partition coefficient (Wildman–Crippen LogP) is 2.91. The molecule has 3 aromatic rings. The lowest BCUT2D eigenvalue weighted by molar-refractivity contribution is 0.102. The number of anilines is 2. The van der Waals surface area contributed by atoms with E-state index >= 15 is 0 Å². The monoisotopic (exact) mass is 278 g/mol. The molecule has 104 valence electrons. The lowest BCUT2D eigenvalue weighted by atomic mass is 10.1. The van der Waals surface area contributed by atoms with E-state index in [9.17, 15) is 4.79 Å². The molecule has 5 nitrogen and oxygen atoms in total. The lowest BCUT2D eigenvalue weighted by Gasteiger charge is -2.06. The molecule has 21 heavy (non-hydrogen) atoms. The number of hydrogen-bond acceptors (Lipinski definition) is 3. The first-order chi connectivity index (χ1) is 10.2. The molecule has 0 bridgehead atoms. The van der Waals surface area contributed by atoms with E-state index in [2.05, 4.69) is 15.5 Å². The van der Waals surface area contributed by atoms with Crippen LogP contribution in [0.5, 0.6) is 0 Å². The Morgan fingerprint density at radius 1 is 1.00 bits per heavy atom. The molecule has 0 spiro atoms. The van der Waals surface area contributed by atoms with Crippen LogP contribution in [0.25, 0.3) is 11.3 Å². The first kappa shape index (κ1) is 12.9. The minimum Gasteiger partial charge on any atom is -0.399 e. The topological polar surface area (TPSA) is 83.8 Å². The summed E-state index contributed by atoms with van der Waals surface area (Å²) in [5.41, 5.74) is 9.49. The van der Waals surface area contributed by atoms with Crippen molar-refractivity contribution in [2.45, 2.75) is 0 Å². The van der Waals surface area contributed by atoms with Gasteiger partial charge in [-0.2, -0.15) is 5.10 Å². The van der Waals surface area contributed by atoms with Crippen LogP contribution < -0.4 is 11.1 Å². The van der Waals surface area contributed by atoms with Crippen molar-refractivity contribution in [3.63, 3.8) is 0 Å². The van der Waals surface area contributed by atoms with Crippen LogP contribution in [0.1, 0.15) is 10.4 Å². The van der Waals surface area contributed by atoms with Crippen LogP contribution in [-0.2, 0) is 0 Å². The molecule has 0 aliphatic heterocycles. The highest BCUT2D eigenvalue weighted by atomic mass is 16.1. The smallest absolute Gasteiger partial charge is 0.255 e. The molecule has 0 radical (unpaired) electrons. The van der Waals surface area contributed by atoms with Crippen LogP contribution in [0.4, 0.5) is 11.4 Å². The number of rotatable bonds is 3. The Kier molecular flexibility index (Phi) is 3.39. The number of benzene rings is 2. The summed E-state index contributed by atoms with van der Waals surface area (Å²) in [6.07, 6.45) is 1.70. The number of carbonyl (C=O) groups is 1. The fourth-order valence-electron chi connectivity index (χ4n) is 1.99. The predicted molar refractivity (Wildman–Crippen MR) is 82.8 cm³/mol. The van der Waals surface area contributed by atoms with Crippen LogP contribution in [0.15, 0.2) is 60.8 Å². The van der Waals surface area contributed by atoms with Gasteiger partial charge < -0.3 is 11.1 Å². The Morgan fingerprint density at radius 2 is 1.71 bits per heavy atom. The van der Waals surface area contributed by atoms with E-state index in [1.54, 1.807) is 30.5 Å². The summed E-state index contributed by atoms with van der Waals surface area (Å²) in [4.78, 5) is 12.1. The van der Waals surface area contributed by atoms with Crippen LogP contribution in [0.2, 0.25) is 0 Å². The third-order valence-electron chi connectivity index (χ3n) is 3.13. The molecule has 0 atom stereocenters. The fourth-order valence-corrected chi connectivity index (χ4v) is 1.99. The molecule has 3 rings (SSSR count). The van der Waals surface area contributed by atoms with E-state index in [1.165, 1.54) is 0 Å². The molecule has 0 saturated heterocycles. The molecule has 1 heterocycles. The number of aromatic amines is 1. The van der Waals surface area contributed by atoms with Gasteiger partial charge in [0.15, 0.2) is 0 Å². The Balaban J connectivity index is 1.73. The molecular weight excluding hydrogens is 264 g/mol. The summed E-state index contributed by atoms with van der Waals surface area (Å²) >= 11 is 0. The lowest BCUT2D eigenvalue weighted by Crippen LogP contribution is -2.11. The van der Waals surface area contributed by atoms with Gasteiger partial charge in [-0.1, -0.05) is 12.1 Å². The van der Waals surface area contributed by atoms with Crippen LogP contribution >= 0.6 is 0 Å². The van der Waals surface area contributed by atoms with E-state index in [0.29, 0.717) is 11.3 Å². The second-order valence-electron chi connectivity index (χ2n) is 4.62. The quantitative estimate of drug-likeness (QED) is 0.644. The van der Waals surface area contributed by atoms with Crippen molar-refractivity contribution >= 4 is 17.3 Å². The van der Waals surface area contributed by atoms with Gasteiger partial charge in [-0.3, -0.25) is 9.89 Å². The molecule has 4 N–H and O–H groups in total. The Hall–Kier alpha value is -3.08. The zero-order valence-electron chi connectivity index (χ0n) is 11.2. The second kappa shape index (κ2) is 5.50. The first-order valence-corrected chi connectivity index (χ1v) is 6.49. The van der Waals surface area contributed by atoms with Gasteiger partial charge in [0.1, 0.15) is 0 Å². The molecule has 0 aliphatic rings. The van der Waals surface area contributed by atoms with Gasteiger partial charge >= 0.3 is 0 Å². The molecule has 0 unspecified atom stereocenters. The van der Waals surface area contributed by atoms with Crippen molar-refractivity contribution < 1.29 is 4.79 Å². The van der Waals surface area contributed by atoms with Crippen LogP contribution in [-0.4, -0.2) is 16.1 Å². The number of aromatic nitrogens is 2. The van der Waals surface area contributed by atoms with Crippen molar-refractivity contribution in [2.75, 3.05) is 11.1 Å². The van der Waals surface area contributed by atoms with E-state index in [-0.39, 0.29) is 5.91 Å². The molecule has 1 amide bonds. The van der Waals surface area contributed by atoms with Crippen molar-refractivity contribution in [3.8, 4) is 11.3 Å². The van der Waals surface area contributed by atoms with Crippen LogP contribution in [0.3, 0.4) is 0 Å². The summed E-state index contributed by atoms with van der Waals surface area (Å²) in [6.45, 7) is 0. The summed E-state index contributed by atoms with van der Waals surface area (Å²) in [5, 5.41) is 9.65. The zero-order chi connectivity index (χ0) is 14.7. The SMILES string of the molecule is Nc1ccc(C(=O)Nc2ccc(-c3ccn[nH]3)cc2)cc1. The molecular formula is C16H14N4O. The fraction of sp³-hybridized carbons (Fsp3) is 0.